The van der Waals surface area contributed by atoms with Crippen molar-refractivity contribution in [3.8, 4) is 0 Å². The third-order valence-electron chi connectivity index (χ3n) is 5.64. The Hall–Kier alpha value is -3.79. The Balaban J connectivity index is 1.38. The van der Waals surface area contributed by atoms with Gasteiger partial charge in [0.05, 0.1) is 17.6 Å². The third-order valence-corrected chi connectivity index (χ3v) is 6.52. The molecule has 10 heteroatoms. The molecule has 0 spiro atoms. The quantitative estimate of drug-likeness (QED) is 0.461. The van der Waals surface area contributed by atoms with Crippen LogP contribution in [0, 0.1) is 0 Å². The van der Waals surface area contributed by atoms with Gasteiger partial charge < -0.3 is 20.3 Å². The second-order valence-corrected chi connectivity index (χ2v) is 8.51. The average Bonchev–Trinajstić information content (AvgIpc) is 3.27. The molecule has 0 atom stereocenters. The van der Waals surface area contributed by atoms with Crippen LogP contribution in [0.2, 0.25) is 0 Å². The van der Waals surface area contributed by atoms with Crippen molar-refractivity contribution in [2.75, 3.05) is 43.4 Å². The molecule has 4 heterocycles. The number of amides is 1. The van der Waals surface area contributed by atoms with Crippen molar-refractivity contribution in [1.29, 1.82) is 0 Å². The maximum atomic E-state index is 13.1. The highest BCUT2D eigenvalue weighted by atomic mass is 32.1. The van der Waals surface area contributed by atoms with Gasteiger partial charge in [0.1, 0.15) is 16.3 Å². The van der Waals surface area contributed by atoms with Crippen molar-refractivity contribution in [3.63, 3.8) is 0 Å². The number of esters is 1. The zero-order valence-corrected chi connectivity index (χ0v) is 18.8. The number of nitrogens with zero attached hydrogens (tertiary/aromatic N) is 5. The summed E-state index contributed by atoms with van der Waals surface area (Å²) in [6.07, 6.45) is 1.73. The summed E-state index contributed by atoms with van der Waals surface area (Å²) in [4.78, 5) is 43.1. The van der Waals surface area contributed by atoms with Gasteiger partial charge in [-0.25, -0.2) is 9.78 Å². The van der Waals surface area contributed by atoms with Crippen LogP contribution in [-0.2, 0) is 4.74 Å². The summed E-state index contributed by atoms with van der Waals surface area (Å²) in [5, 5.41) is 4.35. The second kappa shape index (κ2) is 8.62. The lowest BCUT2D eigenvalue weighted by molar-refractivity contribution is 0.0529. The van der Waals surface area contributed by atoms with Gasteiger partial charge in [0.25, 0.3) is 5.91 Å². The molecule has 0 bridgehead atoms. The number of hydrogen-bond acceptors (Lipinski definition) is 9. The standard InChI is InChI=1S/C23H22N6O3S/c1-2-32-22(31)16-13-33-20-18(16)19(26-23(24)27-20)28-7-9-29(10-8-28)21(30)17-11-14-5-3-4-6-15(14)12-25-17/h3-6,11-13H,2,7-10H2,1H3,(H2,24,26,27). The van der Waals surface area contributed by atoms with E-state index in [0.29, 0.717) is 53.5 Å². The van der Waals surface area contributed by atoms with E-state index < -0.39 is 5.97 Å². The number of rotatable bonds is 4. The van der Waals surface area contributed by atoms with Crippen molar-refractivity contribution >= 4 is 56.0 Å². The summed E-state index contributed by atoms with van der Waals surface area (Å²) >= 11 is 1.33. The first-order valence-electron chi connectivity index (χ1n) is 10.7. The molecular weight excluding hydrogens is 440 g/mol. The lowest BCUT2D eigenvalue weighted by Crippen LogP contribution is -2.49. The molecule has 2 N–H and O–H groups in total. The highest BCUT2D eigenvalue weighted by Crippen LogP contribution is 2.33. The van der Waals surface area contributed by atoms with Crippen LogP contribution in [0.25, 0.3) is 21.0 Å². The molecule has 1 aromatic carbocycles. The Morgan fingerprint density at radius 1 is 1.12 bits per heavy atom. The zero-order valence-electron chi connectivity index (χ0n) is 18.0. The average molecular weight is 463 g/mol. The normalized spacial score (nSPS) is 14.1. The fourth-order valence-electron chi connectivity index (χ4n) is 4.01. The lowest BCUT2D eigenvalue weighted by atomic mass is 10.1. The number of pyridine rings is 1. The van der Waals surface area contributed by atoms with Gasteiger partial charge in [0, 0.05) is 43.1 Å². The van der Waals surface area contributed by atoms with Crippen LogP contribution in [0.1, 0.15) is 27.8 Å². The molecule has 3 aromatic heterocycles. The van der Waals surface area contributed by atoms with Crippen LogP contribution in [0.4, 0.5) is 11.8 Å². The summed E-state index contributed by atoms with van der Waals surface area (Å²) in [6, 6.07) is 9.66. The molecule has 1 saturated heterocycles. The smallest absolute Gasteiger partial charge is 0.339 e. The largest absolute Gasteiger partial charge is 0.462 e. The number of nitrogens with two attached hydrogens (primary N) is 1. The molecule has 0 aliphatic carbocycles. The number of anilines is 2. The van der Waals surface area contributed by atoms with E-state index in [1.807, 2.05) is 35.2 Å². The van der Waals surface area contributed by atoms with Crippen molar-refractivity contribution in [3.05, 3.63) is 53.2 Å². The number of thiophene rings is 1. The van der Waals surface area contributed by atoms with Gasteiger partial charge in [-0.15, -0.1) is 11.3 Å². The summed E-state index contributed by atoms with van der Waals surface area (Å²) in [5.41, 5.74) is 6.81. The molecule has 1 aliphatic heterocycles. The van der Waals surface area contributed by atoms with Gasteiger partial charge >= 0.3 is 5.97 Å². The van der Waals surface area contributed by atoms with E-state index in [-0.39, 0.29) is 18.5 Å². The van der Waals surface area contributed by atoms with E-state index in [1.54, 1.807) is 23.4 Å². The van der Waals surface area contributed by atoms with Crippen LogP contribution in [0.3, 0.4) is 0 Å². The molecule has 9 nitrogen and oxygen atoms in total. The maximum absolute atomic E-state index is 13.1. The summed E-state index contributed by atoms with van der Waals surface area (Å²) < 4.78 is 5.20. The molecule has 0 unspecified atom stereocenters. The number of fused-ring (bicyclic) bond motifs is 2. The predicted octanol–water partition coefficient (Wildman–Crippen LogP) is 2.96. The van der Waals surface area contributed by atoms with Gasteiger partial charge in [-0.1, -0.05) is 24.3 Å². The van der Waals surface area contributed by atoms with Crippen LogP contribution < -0.4 is 10.6 Å². The summed E-state index contributed by atoms with van der Waals surface area (Å²) in [6.45, 7) is 4.13. The number of nitrogen functional groups attached to an aromatic ring is 1. The Kier molecular flexibility index (Phi) is 5.51. The molecular formula is C23H22N6O3S. The van der Waals surface area contributed by atoms with E-state index in [4.69, 9.17) is 10.5 Å². The Morgan fingerprint density at radius 2 is 1.88 bits per heavy atom. The predicted molar refractivity (Wildman–Crippen MR) is 128 cm³/mol. The number of piperazine rings is 1. The van der Waals surface area contributed by atoms with Crippen LogP contribution in [0.5, 0.6) is 0 Å². The van der Waals surface area contributed by atoms with E-state index in [1.165, 1.54) is 11.3 Å². The van der Waals surface area contributed by atoms with E-state index in [9.17, 15) is 9.59 Å². The summed E-state index contributed by atoms with van der Waals surface area (Å²) in [7, 11) is 0. The molecule has 168 valence electrons. The van der Waals surface area contributed by atoms with Gasteiger partial charge in [-0.05, 0) is 18.4 Å². The van der Waals surface area contributed by atoms with Gasteiger partial charge in [-0.2, -0.15) is 4.98 Å². The van der Waals surface area contributed by atoms with Crippen molar-refractivity contribution in [1.82, 2.24) is 19.9 Å². The maximum Gasteiger partial charge on any atom is 0.339 e. The molecule has 33 heavy (non-hydrogen) atoms. The minimum atomic E-state index is -0.408. The van der Waals surface area contributed by atoms with E-state index in [2.05, 4.69) is 15.0 Å². The molecule has 0 saturated carbocycles. The minimum absolute atomic E-state index is 0.101. The number of carbonyl (C=O) groups excluding carboxylic acids is 2. The molecule has 5 rings (SSSR count). The third kappa shape index (κ3) is 3.93. The van der Waals surface area contributed by atoms with Gasteiger partial charge in [0.2, 0.25) is 5.95 Å². The highest BCUT2D eigenvalue weighted by Gasteiger charge is 2.27. The minimum Gasteiger partial charge on any atom is -0.462 e. The molecule has 1 amide bonds. The SMILES string of the molecule is CCOC(=O)c1csc2nc(N)nc(N3CCN(C(=O)c4cc5ccccc5cn4)CC3)c12. The molecule has 1 aliphatic rings. The van der Waals surface area contributed by atoms with Crippen LogP contribution in [0.15, 0.2) is 41.9 Å². The molecule has 1 fully saturated rings. The number of aromatic nitrogens is 3. The number of carbonyl (C=O) groups is 2. The van der Waals surface area contributed by atoms with Gasteiger partial charge in [-0.3, -0.25) is 9.78 Å². The fourth-order valence-corrected chi connectivity index (χ4v) is 4.92. The fraction of sp³-hybridized carbons (Fsp3) is 0.261. The van der Waals surface area contributed by atoms with E-state index in [0.717, 1.165) is 10.8 Å². The highest BCUT2D eigenvalue weighted by molar-refractivity contribution is 7.17. The first-order chi connectivity index (χ1) is 16.0. The Morgan fingerprint density at radius 3 is 2.64 bits per heavy atom. The number of benzene rings is 1. The lowest BCUT2D eigenvalue weighted by Gasteiger charge is -2.35. The Bertz CT molecular complexity index is 1360. The topological polar surface area (TPSA) is 115 Å². The molecule has 0 radical (unpaired) electrons. The van der Waals surface area contributed by atoms with Crippen molar-refractivity contribution < 1.29 is 14.3 Å². The summed E-state index contributed by atoms with van der Waals surface area (Å²) in [5.74, 6) is 0.233. The second-order valence-electron chi connectivity index (χ2n) is 7.65. The van der Waals surface area contributed by atoms with Crippen LogP contribution in [-0.4, -0.2) is 64.5 Å². The van der Waals surface area contributed by atoms with Crippen molar-refractivity contribution in [2.24, 2.45) is 0 Å². The molecule has 4 aromatic rings. The van der Waals surface area contributed by atoms with Gasteiger partial charge in [0.15, 0.2) is 0 Å². The first kappa shape index (κ1) is 21.1. The number of ether oxygens (including phenoxy) is 1. The zero-order chi connectivity index (χ0) is 22.9. The number of hydrogen-bond donors (Lipinski definition) is 1. The Labute approximate surface area is 193 Å². The van der Waals surface area contributed by atoms with Crippen molar-refractivity contribution in [2.45, 2.75) is 6.92 Å². The monoisotopic (exact) mass is 462 g/mol. The van der Waals surface area contributed by atoms with E-state index >= 15 is 0 Å². The first-order valence-corrected chi connectivity index (χ1v) is 11.5. The van der Waals surface area contributed by atoms with Crippen LogP contribution >= 0.6 is 11.3 Å².